The minimum absolute atomic E-state index is 0.229. The SMILES string of the molecule is CCCC(=O)Oc1ccc(C=Nc2cccc(N=Cc3ccc(OC(=O)CCC)cc3)c2)cc1. The van der Waals surface area contributed by atoms with Gasteiger partial charge in [-0.25, -0.2) is 0 Å². The number of hydrogen-bond acceptors (Lipinski definition) is 6. The van der Waals surface area contributed by atoms with Gasteiger partial charge in [0.25, 0.3) is 0 Å². The van der Waals surface area contributed by atoms with Gasteiger partial charge in [0.15, 0.2) is 0 Å². The van der Waals surface area contributed by atoms with Crippen molar-refractivity contribution in [1.82, 2.24) is 0 Å². The van der Waals surface area contributed by atoms with Crippen LogP contribution in [0.3, 0.4) is 0 Å². The van der Waals surface area contributed by atoms with Gasteiger partial charge >= 0.3 is 11.9 Å². The molecule has 34 heavy (non-hydrogen) atoms. The van der Waals surface area contributed by atoms with Crippen LogP contribution in [0.15, 0.2) is 82.8 Å². The summed E-state index contributed by atoms with van der Waals surface area (Å²) in [6.07, 6.45) is 5.83. The van der Waals surface area contributed by atoms with Gasteiger partial charge in [-0.1, -0.05) is 19.9 Å². The van der Waals surface area contributed by atoms with Crippen molar-refractivity contribution in [1.29, 1.82) is 0 Å². The number of carbonyl (C=O) groups is 2. The third kappa shape index (κ3) is 8.13. The van der Waals surface area contributed by atoms with Gasteiger partial charge in [-0.15, -0.1) is 0 Å². The highest BCUT2D eigenvalue weighted by Gasteiger charge is 2.04. The maximum Gasteiger partial charge on any atom is 0.311 e. The first-order valence-electron chi connectivity index (χ1n) is 11.4. The zero-order chi connectivity index (χ0) is 24.2. The highest BCUT2D eigenvalue weighted by atomic mass is 16.5. The average molecular weight is 457 g/mol. The van der Waals surface area contributed by atoms with Crippen LogP contribution >= 0.6 is 0 Å². The normalized spacial score (nSPS) is 11.1. The Morgan fingerprint density at radius 1 is 0.676 bits per heavy atom. The summed E-state index contributed by atoms with van der Waals surface area (Å²) in [4.78, 5) is 32.2. The monoisotopic (exact) mass is 456 g/mol. The van der Waals surface area contributed by atoms with E-state index in [0.717, 1.165) is 35.3 Å². The molecule has 0 aliphatic rings. The van der Waals surface area contributed by atoms with Gasteiger partial charge in [0.2, 0.25) is 0 Å². The van der Waals surface area contributed by atoms with Crippen LogP contribution in [-0.2, 0) is 9.59 Å². The zero-order valence-electron chi connectivity index (χ0n) is 19.4. The molecule has 6 nitrogen and oxygen atoms in total. The van der Waals surface area contributed by atoms with E-state index < -0.39 is 0 Å². The van der Waals surface area contributed by atoms with Gasteiger partial charge in [-0.3, -0.25) is 19.6 Å². The molecular weight excluding hydrogens is 428 g/mol. The maximum absolute atomic E-state index is 11.6. The second kappa shape index (κ2) is 12.8. The van der Waals surface area contributed by atoms with E-state index in [1.807, 2.05) is 62.4 Å². The summed E-state index contributed by atoms with van der Waals surface area (Å²) in [6, 6.07) is 22.0. The smallest absolute Gasteiger partial charge is 0.311 e. The van der Waals surface area contributed by atoms with Crippen LogP contribution in [0.25, 0.3) is 0 Å². The number of ether oxygens (including phenoxy) is 2. The predicted molar refractivity (Wildman–Crippen MR) is 135 cm³/mol. The van der Waals surface area contributed by atoms with E-state index in [1.54, 1.807) is 36.7 Å². The van der Waals surface area contributed by atoms with Gasteiger partial charge < -0.3 is 9.47 Å². The first-order chi connectivity index (χ1) is 16.6. The average Bonchev–Trinajstić information content (AvgIpc) is 2.84. The van der Waals surface area contributed by atoms with E-state index in [0.29, 0.717) is 24.3 Å². The first-order valence-corrected chi connectivity index (χ1v) is 11.4. The summed E-state index contributed by atoms with van der Waals surface area (Å²) >= 11 is 0. The topological polar surface area (TPSA) is 77.3 Å². The number of nitrogens with zero attached hydrogens (tertiary/aromatic N) is 2. The second-order valence-electron chi connectivity index (χ2n) is 7.62. The fourth-order valence-electron chi connectivity index (χ4n) is 2.97. The van der Waals surface area contributed by atoms with Crippen LogP contribution in [0.2, 0.25) is 0 Å². The van der Waals surface area contributed by atoms with Crippen molar-refractivity contribution < 1.29 is 19.1 Å². The predicted octanol–water partition coefficient (Wildman–Crippen LogP) is 6.60. The molecule has 0 amide bonds. The van der Waals surface area contributed by atoms with Gasteiger partial charge in [0.1, 0.15) is 11.5 Å². The molecule has 6 heteroatoms. The summed E-state index contributed by atoms with van der Waals surface area (Å²) in [5, 5.41) is 0. The Labute approximate surface area is 200 Å². The lowest BCUT2D eigenvalue weighted by molar-refractivity contribution is -0.135. The summed E-state index contributed by atoms with van der Waals surface area (Å²) in [5.41, 5.74) is 3.32. The van der Waals surface area contributed by atoms with Crippen molar-refractivity contribution in [3.8, 4) is 11.5 Å². The Morgan fingerprint density at radius 3 is 1.47 bits per heavy atom. The first kappa shape index (κ1) is 24.6. The highest BCUT2D eigenvalue weighted by molar-refractivity contribution is 5.84. The molecule has 174 valence electrons. The number of esters is 2. The molecule has 0 aromatic heterocycles. The Morgan fingerprint density at radius 2 is 1.09 bits per heavy atom. The summed E-state index contributed by atoms with van der Waals surface area (Å²) in [6.45, 7) is 3.88. The van der Waals surface area contributed by atoms with Crippen molar-refractivity contribution in [2.75, 3.05) is 0 Å². The molecular formula is C28H28N2O4. The minimum atomic E-state index is -0.229. The number of hydrogen-bond donors (Lipinski definition) is 0. The fraction of sp³-hybridized carbons (Fsp3) is 0.214. The largest absolute Gasteiger partial charge is 0.427 e. The summed E-state index contributed by atoms with van der Waals surface area (Å²) in [7, 11) is 0. The Balaban J connectivity index is 1.59. The third-order valence-electron chi connectivity index (χ3n) is 4.69. The fourth-order valence-corrected chi connectivity index (χ4v) is 2.97. The Kier molecular flexibility index (Phi) is 9.29. The van der Waals surface area contributed by atoms with Crippen molar-refractivity contribution in [3.63, 3.8) is 0 Å². The second-order valence-corrected chi connectivity index (χ2v) is 7.62. The molecule has 0 heterocycles. The van der Waals surface area contributed by atoms with Crippen molar-refractivity contribution in [2.45, 2.75) is 39.5 Å². The van der Waals surface area contributed by atoms with Gasteiger partial charge in [0, 0.05) is 25.3 Å². The molecule has 0 aliphatic carbocycles. The van der Waals surface area contributed by atoms with Crippen molar-refractivity contribution >= 4 is 35.7 Å². The molecule has 0 radical (unpaired) electrons. The Bertz CT molecular complexity index is 1060. The van der Waals surface area contributed by atoms with Crippen molar-refractivity contribution in [3.05, 3.63) is 83.9 Å². The standard InChI is InChI=1S/C28H28N2O4/c1-3-6-27(31)33-25-14-10-21(11-15-25)19-29-23-8-5-9-24(18-23)30-20-22-12-16-26(17-13-22)34-28(32)7-4-2/h5,8-20H,3-4,6-7H2,1-2H3. The lowest BCUT2D eigenvalue weighted by Crippen LogP contribution is -2.06. The molecule has 0 spiro atoms. The van der Waals surface area contributed by atoms with Crippen LogP contribution in [0, 0.1) is 0 Å². The van der Waals surface area contributed by atoms with Gasteiger partial charge in [0.05, 0.1) is 11.4 Å². The van der Waals surface area contributed by atoms with Gasteiger partial charge in [-0.05, 0) is 90.7 Å². The molecule has 3 rings (SSSR count). The molecule has 0 N–H and O–H groups in total. The molecule has 0 aliphatic heterocycles. The maximum atomic E-state index is 11.6. The molecule has 0 saturated carbocycles. The van der Waals surface area contributed by atoms with E-state index >= 15 is 0 Å². The number of aliphatic imine (C=N–C) groups is 2. The van der Waals surface area contributed by atoms with Crippen LogP contribution < -0.4 is 9.47 Å². The lowest BCUT2D eigenvalue weighted by Gasteiger charge is -2.03. The van der Waals surface area contributed by atoms with Gasteiger partial charge in [-0.2, -0.15) is 0 Å². The molecule has 3 aromatic carbocycles. The molecule has 3 aromatic rings. The number of benzene rings is 3. The van der Waals surface area contributed by atoms with E-state index in [1.165, 1.54) is 0 Å². The highest BCUT2D eigenvalue weighted by Crippen LogP contribution is 2.21. The lowest BCUT2D eigenvalue weighted by atomic mass is 10.2. The van der Waals surface area contributed by atoms with Crippen molar-refractivity contribution in [2.24, 2.45) is 9.98 Å². The molecule has 0 fully saturated rings. The number of carbonyl (C=O) groups excluding carboxylic acids is 2. The van der Waals surface area contributed by atoms with E-state index in [4.69, 9.17) is 9.47 Å². The van der Waals surface area contributed by atoms with E-state index in [2.05, 4.69) is 9.98 Å². The summed E-state index contributed by atoms with van der Waals surface area (Å²) < 4.78 is 10.5. The molecule has 0 bridgehead atoms. The Hall–Kier alpha value is -4.06. The number of rotatable bonds is 10. The minimum Gasteiger partial charge on any atom is -0.427 e. The van der Waals surface area contributed by atoms with Crippen LogP contribution in [-0.4, -0.2) is 24.4 Å². The van der Waals surface area contributed by atoms with Crippen LogP contribution in [0.5, 0.6) is 11.5 Å². The zero-order valence-corrected chi connectivity index (χ0v) is 19.4. The quantitative estimate of drug-likeness (QED) is 0.196. The van der Waals surface area contributed by atoms with Crippen LogP contribution in [0.1, 0.15) is 50.7 Å². The van der Waals surface area contributed by atoms with Crippen LogP contribution in [0.4, 0.5) is 11.4 Å². The van der Waals surface area contributed by atoms with E-state index in [9.17, 15) is 9.59 Å². The molecule has 0 unspecified atom stereocenters. The third-order valence-corrected chi connectivity index (χ3v) is 4.69. The van der Waals surface area contributed by atoms with E-state index in [-0.39, 0.29) is 11.9 Å². The summed E-state index contributed by atoms with van der Waals surface area (Å²) in [5.74, 6) is 0.596. The molecule has 0 atom stereocenters. The molecule has 0 saturated heterocycles.